The van der Waals surface area contributed by atoms with Crippen molar-refractivity contribution in [2.75, 3.05) is 33.2 Å². The highest BCUT2D eigenvalue weighted by molar-refractivity contribution is 7.80. The molecule has 3 rings (SSSR count). The summed E-state index contributed by atoms with van der Waals surface area (Å²) >= 11 is 5.70. The standard InChI is InChI=1S/C20H24N2O3S/c1-23-14-10-11-15(19(13-14)25-3)17-8-6-12-22(17)20(26)21-16-7-4-5-9-18(16)24-2/h4-5,7,9-11,13,17H,6,8,12H2,1-3H3,(H,21,26)/t17-/m0/s1. The van der Waals surface area contributed by atoms with Crippen LogP contribution in [0.3, 0.4) is 0 Å². The molecule has 138 valence electrons. The van der Waals surface area contributed by atoms with Crippen molar-refractivity contribution in [2.24, 2.45) is 0 Å². The van der Waals surface area contributed by atoms with Crippen molar-refractivity contribution in [1.29, 1.82) is 0 Å². The van der Waals surface area contributed by atoms with Gasteiger partial charge in [0.2, 0.25) is 0 Å². The van der Waals surface area contributed by atoms with Crippen molar-refractivity contribution in [3.05, 3.63) is 48.0 Å². The molecule has 1 N–H and O–H groups in total. The second kappa shape index (κ2) is 8.27. The zero-order chi connectivity index (χ0) is 18.5. The van der Waals surface area contributed by atoms with Gasteiger partial charge in [-0.3, -0.25) is 0 Å². The molecule has 0 spiro atoms. The summed E-state index contributed by atoms with van der Waals surface area (Å²) in [7, 11) is 5.00. The lowest BCUT2D eigenvalue weighted by molar-refractivity contribution is 0.362. The first-order valence-corrected chi connectivity index (χ1v) is 9.01. The van der Waals surface area contributed by atoms with Gasteiger partial charge < -0.3 is 24.4 Å². The first-order chi connectivity index (χ1) is 12.7. The number of para-hydroxylation sites is 2. The Balaban J connectivity index is 1.83. The Morgan fingerprint density at radius 3 is 2.54 bits per heavy atom. The largest absolute Gasteiger partial charge is 0.497 e. The zero-order valence-electron chi connectivity index (χ0n) is 15.3. The summed E-state index contributed by atoms with van der Waals surface area (Å²) in [5, 5.41) is 4.02. The highest BCUT2D eigenvalue weighted by Crippen LogP contribution is 2.39. The number of thiocarbonyl (C=S) groups is 1. The van der Waals surface area contributed by atoms with E-state index in [0.717, 1.165) is 47.9 Å². The van der Waals surface area contributed by atoms with E-state index in [1.54, 1.807) is 21.3 Å². The minimum atomic E-state index is 0.172. The first kappa shape index (κ1) is 18.3. The van der Waals surface area contributed by atoms with E-state index in [1.165, 1.54) is 0 Å². The molecule has 0 radical (unpaired) electrons. The Bertz CT molecular complexity index is 781. The molecular formula is C20H24N2O3S. The Hall–Kier alpha value is -2.47. The lowest BCUT2D eigenvalue weighted by Gasteiger charge is -2.29. The number of benzene rings is 2. The number of hydrogen-bond acceptors (Lipinski definition) is 4. The van der Waals surface area contributed by atoms with Gasteiger partial charge in [-0.15, -0.1) is 0 Å². The number of rotatable bonds is 5. The van der Waals surface area contributed by atoms with Crippen molar-refractivity contribution >= 4 is 23.0 Å². The van der Waals surface area contributed by atoms with Crippen molar-refractivity contribution in [3.63, 3.8) is 0 Å². The average Bonchev–Trinajstić information content (AvgIpc) is 3.17. The smallest absolute Gasteiger partial charge is 0.174 e. The summed E-state index contributed by atoms with van der Waals surface area (Å²) in [6, 6.07) is 13.9. The molecular weight excluding hydrogens is 348 g/mol. The summed E-state index contributed by atoms with van der Waals surface area (Å²) in [6.07, 6.45) is 2.10. The van der Waals surface area contributed by atoms with E-state index in [0.29, 0.717) is 5.11 Å². The van der Waals surface area contributed by atoms with Gasteiger partial charge in [-0.25, -0.2) is 0 Å². The predicted molar refractivity (Wildman–Crippen MR) is 107 cm³/mol. The van der Waals surface area contributed by atoms with Gasteiger partial charge >= 0.3 is 0 Å². The second-order valence-corrected chi connectivity index (χ2v) is 6.48. The van der Waals surface area contributed by atoms with Gasteiger partial charge in [0, 0.05) is 18.2 Å². The molecule has 0 saturated carbocycles. The van der Waals surface area contributed by atoms with Crippen LogP contribution in [0.15, 0.2) is 42.5 Å². The highest BCUT2D eigenvalue weighted by atomic mass is 32.1. The molecule has 2 aromatic rings. The maximum Gasteiger partial charge on any atom is 0.174 e. The van der Waals surface area contributed by atoms with Crippen LogP contribution in [-0.4, -0.2) is 37.9 Å². The third-order valence-corrected chi connectivity index (χ3v) is 5.00. The Morgan fingerprint density at radius 1 is 1.04 bits per heavy atom. The lowest BCUT2D eigenvalue weighted by atomic mass is 10.0. The van der Waals surface area contributed by atoms with E-state index in [2.05, 4.69) is 16.3 Å². The Kier molecular flexibility index (Phi) is 5.83. The summed E-state index contributed by atoms with van der Waals surface area (Å²) in [5.74, 6) is 2.37. The van der Waals surface area contributed by atoms with Gasteiger partial charge in [0.05, 0.1) is 33.1 Å². The van der Waals surface area contributed by atoms with Crippen molar-refractivity contribution in [2.45, 2.75) is 18.9 Å². The molecule has 0 aromatic heterocycles. The van der Waals surface area contributed by atoms with E-state index >= 15 is 0 Å². The third-order valence-electron chi connectivity index (χ3n) is 4.66. The number of likely N-dealkylation sites (tertiary alicyclic amines) is 1. The van der Waals surface area contributed by atoms with Gasteiger partial charge in [-0.2, -0.15) is 0 Å². The summed E-state index contributed by atoms with van der Waals surface area (Å²) in [4.78, 5) is 2.21. The van der Waals surface area contributed by atoms with E-state index < -0.39 is 0 Å². The van der Waals surface area contributed by atoms with Crippen molar-refractivity contribution < 1.29 is 14.2 Å². The summed E-state index contributed by atoms with van der Waals surface area (Å²) < 4.78 is 16.3. The maximum atomic E-state index is 5.70. The fourth-order valence-electron chi connectivity index (χ4n) is 3.36. The van der Waals surface area contributed by atoms with E-state index in [-0.39, 0.29) is 6.04 Å². The summed E-state index contributed by atoms with van der Waals surface area (Å²) in [6.45, 7) is 0.904. The molecule has 2 aromatic carbocycles. The molecule has 5 nitrogen and oxygen atoms in total. The third kappa shape index (κ3) is 3.70. The van der Waals surface area contributed by atoms with E-state index in [4.69, 9.17) is 26.4 Å². The lowest BCUT2D eigenvalue weighted by Crippen LogP contribution is -2.34. The topological polar surface area (TPSA) is 43.0 Å². The van der Waals surface area contributed by atoms with Gasteiger partial charge in [0.1, 0.15) is 17.2 Å². The maximum absolute atomic E-state index is 5.70. The molecule has 1 aliphatic heterocycles. The van der Waals surface area contributed by atoms with Crippen LogP contribution in [0.2, 0.25) is 0 Å². The minimum Gasteiger partial charge on any atom is -0.497 e. The minimum absolute atomic E-state index is 0.172. The Morgan fingerprint density at radius 2 is 1.81 bits per heavy atom. The van der Waals surface area contributed by atoms with Crippen LogP contribution in [-0.2, 0) is 0 Å². The number of ether oxygens (including phenoxy) is 3. The number of nitrogens with zero attached hydrogens (tertiary/aromatic N) is 1. The number of anilines is 1. The summed E-state index contributed by atoms with van der Waals surface area (Å²) in [5.41, 5.74) is 1.99. The van der Waals surface area contributed by atoms with E-state index in [9.17, 15) is 0 Å². The predicted octanol–water partition coefficient (Wildman–Crippen LogP) is 4.25. The monoisotopic (exact) mass is 372 g/mol. The van der Waals surface area contributed by atoms with Gasteiger partial charge in [0.25, 0.3) is 0 Å². The molecule has 1 aliphatic rings. The van der Waals surface area contributed by atoms with Crippen molar-refractivity contribution in [1.82, 2.24) is 4.90 Å². The average molecular weight is 372 g/mol. The Labute approximate surface area is 159 Å². The molecule has 1 heterocycles. The molecule has 1 saturated heterocycles. The van der Waals surface area contributed by atoms with Crippen molar-refractivity contribution in [3.8, 4) is 17.2 Å². The number of hydrogen-bond donors (Lipinski definition) is 1. The normalized spacial score (nSPS) is 16.3. The quantitative estimate of drug-likeness (QED) is 0.792. The van der Waals surface area contributed by atoms with E-state index in [1.807, 2.05) is 36.4 Å². The van der Waals surface area contributed by atoms with Crippen LogP contribution in [0.25, 0.3) is 0 Å². The zero-order valence-corrected chi connectivity index (χ0v) is 16.1. The highest BCUT2D eigenvalue weighted by Gasteiger charge is 2.30. The van der Waals surface area contributed by atoms with Crippen LogP contribution < -0.4 is 19.5 Å². The van der Waals surface area contributed by atoms with Gasteiger partial charge in [-0.1, -0.05) is 12.1 Å². The molecule has 1 atom stereocenters. The SMILES string of the molecule is COc1ccc([C@@H]2CCCN2C(=S)Nc2ccccc2OC)c(OC)c1. The van der Waals surface area contributed by atoms with Crippen LogP contribution in [0.4, 0.5) is 5.69 Å². The van der Waals surface area contributed by atoms with Crippen LogP contribution in [0, 0.1) is 0 Å². The number of methoxy groups -OCH3 is 3. The molecule has 1 fully saturated rings. The second-order valence-electron chi connectivity index (χ2n) is 6.09. The number of nitrogens with one attached hydrogen (secondary N) is 1. The molecule has 0 aliphatic carbocycles. The van der Waals surface area contributed by atoms with Gasteiger partial charge in [-0.05, 0) is 49.3 Å². The molecule has 0 unspecified atom stereocenters. The fraction of sp³-hybridized carbons (Fsp3) is 0.350. The molecule has 6 heteroatoms. The van der Waals surface area contributed by atoms with Gasteiger partial charge in [0.15, 0.2) is 5.11 Å². The van der Waals surface area contributed by atoms with Crippen LogP contribution >= 0.6 is 12.2 Å². The molecule has 26 heavy (non-hydrogen) atoms. The fourth-order valence-corrected chi connectivity index (χ4v) is 3.69. The molecule has 0 amide bonds. The van der Waals surface area contributed by atoms with Crippen LogP contribution in [0.5, 0.6) is 17.2 Å². The van der Waals surface area contributed by atoms with Crippen LogP contribution in [0.1, 0.15) is 24.4 Å². The first-order valence-electron chi connectivity index (χ1n) is 8.60. The molecule has 0 bridgehead atoms.